The molecule has 6 heteroatoms. The number of aliphatic carboxylic acids is 1. The minimum Gasteiger partial charge on any atom is -0.479 e. The predicted molar refractivity (Wildman–Crippen MR) is 87.7 cm³/mol. The first kappa shape index (κ1) is 16.4. The van der Waals surface area contributed by atoms with Crippen LogP contribution in [-0.2, 0) is 14.4 Å². The molecule has 0 aromatic carbocycles. The van der Waals surface area contributed by atoms with Gasteiger partial charge in [-0.25, -0.2) is 4.79 Å². The van der Waals surface area contributed by atoms with Crippen LogP contribution in [0.4, 0.5) is 0 Å². The molecule has 5 atom stereocenters. The second-order valence-electron chi connectivity index (χ2n) is 8.77. The van der Waals surface area contributed by atoms with Gasteiger partial charge in [-0.1, -0.05) is 19.8 Å². The Bertz CT molecular complexity index is 667. The van der Waals surface area contributed by atoms with Crippen LogP contribution in [0.15, 0.2) is 0 Å². The lowest BCUT2D eigenvalue weighted by atomic mass is 9.60. The third kappa shape index (κ3) is 1.30. The topological polar surface area (TPSA) is 74.7 Å². The highest BCUT2D eigenvalue weighted by molar-refractivity contribution is 6.18. The Morgan fingerprint density at radius 3 is 2.54 bits per heavy atom. The van der Waals surface area contributed by atoms with E-state index >= 15 is 0 Å². The minimum atomic E-state index is -1.27. The maximum atomic E-state index is 13.5. The lowest BCUT2D eigenvalue weighted by molar-refractivity contribution is -0.162. The second kappa shape index (κ2) is 4.35. The molecule has 2 aliphatic carbocycles. The smallest absolute Gasteiger partial charge is 0.330 e. The molecule has 0 aromatic rings. The Morgan fingerprint density at radius 1 is 1.29 bits per heavy atom. The van der Waals surface area contributed by atoms with E-state index in [1.165, 1.54) is 0 Å². The summed E-state index contributed by atoms with van der Waals surface area (Å²) in [5.41, 5.74) is -3.98. The molecule has 2 aliphatic heterocycles. The Labute approximate surface area is 146 Å². The highest BCUT2D eigenvalue weighted by Crippen LogP contribution is 2.83. The molecule has 5 nitrogen and oxygen atoms in total. The molecule has 0 aromatic heterocycles. The van der Waals surface area contributed by atoms with Gasteiger partial charge in [0.15, 0.2) is 0 Å². The third-order valence-electron chi connectivity index (χ3n) is 8.27. The van der Waals surface area contributed by atoms with Crippen molar-refractivity contribution in [2.45, 2.75) is 69.9 Å². The monoisotopic (exact) mass is 353 g/mol. The van der Waals surface area contributed by atoms with Crippen molar-refractivity contribution in [3.63, 3.8) is 0 Å². The summed E-state index contributed by atoms with van der Waals surface area (Å²) < 4.78 is 0. The second-order valence-corrected chi connectivity index (χ2v) is 9.15. The van der Waals surface area contributed by atoms with Crippen molar-refractivity contribution in [2.75, 3.05) is 5.88 Å². The molecule has 0 radical (unpaired) electrons. The van der Waals surface area contributed by atoms with Crippen LogP contribution in [0.2, 0.25) is 0 Å². The van der Waals surface area contributed by atoms with Crippen molar-refractivity contribution in [3.8, 4) is 0 Å². The van der Waals surface area contributed by atoms with E-state index in [9.17, 15) is 19.5 Å². The number of amides is 1. The molecule has 4 aliphatic rings. The van der Waals surface area contributed by atoms with Crippen molar-refractivity contribution in [1.82, 2.24) is 4.90 Å². The summed E-state index contributed by atoms with van der Waals surface area (Å²) in [6.45, 7) is 3.86. The number of hydrogen-bond acceptors (Lipinski definition) is 3. The third-order valence-corrected chi connectivity index (χ3v) is 8.46. The number of aldehydes is 1. The maximum Gasteiger partial charge on any atom is 0.330 e. The summed E-state index contributed by atoms with van der Waals surface area (Å²) >= 11 is 5.96. The lowest BCUT2D eigenvalue weighted by Gasteiger charge is -2.49. The summed E-state index contributed by atoms with van der Waals surface area (Å²) in [7, 11) is 0. The predicted octanol–water partition coefficient (Wildman–Crippen LogP) is 2.60. The van der Waals surface area contributed by atoms with Crippen molar-refractivity contribution in [2.24, 2.45) is 16.2 Å². The Morgan fingerprint density at radius 2 is 1.96 bits per heavy atom. The van der Waals surface area contributed by atoms with Gasteiger partial charge in [0, 0.05) is 11.3 Å². The van der Waals surface area contributed by atoms with E-state index in [0.717, 1.165) is 19.1 Å². The van der Waals surface area contributed by atoms with Crippen LogP contribution in [0.25, 0.3) is 0 Å². The number of carbonyl (C=O) groups is 3. The van der Waals surface area contributed by atoms with E-state index in [1.54, 1.807) is 4.90 Å². The largest absolute Gasteiger partial charge is 0.479 e. The number of alkyl halides is 1. The molecule has 1 unspecified atom stereocenters. The number of carbonyl (C=O) groups excluding carboxylic acids is 2. The average molecular weight is 354 g/mol. The van der Waals surface area contributed by atoms with Crippen LogP contribution in [-0.4, -0.2) is 45.1 Å². The fraction of sp³-hybridized carbons (Fsp3) is 0.833. The van der Waals surface area contributed by atoms with E-state index in [0.29, 0.717) is 31.6 Å². The standard InChI is InChI=1S/C18H24ClNO4/c1-14-9-17(14,7-8-19)12(22)20-15(2)5-3-4-6-16(15,11-21)10-18(14,20)13(23)24/h11H,3-10H2,1-2H3,(H,23,24)/t14-,15+,16+,17+,18?/m0/s1. The minimum absolute atomic E-state index is 0.0822. The van der Waals surface area contributed by atoms with Crippen molar-refractivity contribution < 1.29 is 19.5 Å². The van der Waals surface area contributed by atoms with Gasteiger partial charge in [0.1, 0.15) is 11.8 Å². The number of carboxylic acid groups (broad SMARTS) is 1. The molecule has 24 heavy (non-hydrogen) atoms. The van der Waals surface area contributed by atoms with Crippen LogP contribution in [0.1, 0.15) is 58.8 Å². The molecule has 0 bridgehead atoms. The van der Waals surface area contributed by atoms with Crippen molar-refractivity contribution >= 4 is 29.8 Å². The highest BCUT2D eigenvalue weighted by atomic mass is 35.5. The summed E-state index contributed by atoms with van der Waals surface area (Å²) in [6, 6.07) is 0. The van der Waals surface area contributed by atoms with Crippen LogP contribution >= 0.6 is 11.6 Å². The van der Waals surface area contributed by atoms with E-state index in [-0.39, 0.29) is 12.3 Å². The molecule has 132 valence electrons. The summed E-state index contributed by atoms with van der Waals surface area (Å²) in [4.78, 5) is 39.8. The number of piperidine rings is 1. The molecule has 4 rings (SSSR count). The molecule has 1 amide bonds. The number of rotatable bonds is 4. The Balaban J connectivity index is 1.95. The van der Waals surface area contributed by atoms with Gasteiger partial charge in [0.2, 0.25) is 5.91 Å². The molecule has 2 saturated carbocycles. The first-order valence-electron chi connectivity index (χ1n) is 8.82. The van der Waals surface area contributed by atoms with Gasteiger partial charge in [0.05, 0.1) is 16.4 Å². The molecule has 1 N–H and O–H groups in total. The summed E-state index contributed by atoms with van der Waals surface area (Å²) in [6.07, 6.45) is 5.49. The molecular formula is C18H24ClNO4. The van der Waals surface area contributed by atoms with E-state index in [4.69, 9.17) is 11.6 Å². The van der Waals surface area contributed by atoms with Gasteiger partial charge in [-0.05, 0) is 39.0 Å². The Hall–Kier alpha value is -1.10. The zero-order valence-corrected chi connectivity index (χ0v) is 15.0. The van der Waals surface area contributed by atoms with Crippen LogP contribution in [0.3, 0.4) is 0 Å². The van der Waals surface area contributed by atoms with Gasteiger partial charge in [-0.2, -0.15) is 0 Å². The zero-order valence-electron chi connectivity index (χ0n) is 14.2. The first-order chi connectivity index (χ1) is 11.2. The van der Waals surface area contributed by atoms with Crippen molar-refractivity contribution in [3.05, 3.63) is 0 Å². The normalized spacial score (nSPS) is 51.8. The lowest BCUT2D eigenvalue weighted by Crippen LogP contribution is -2.61. The number of carboxylic acids is 1. The average Bonchev–Trinajstić information content (AvgIpc) is 3.00. The molecule has 2 heterocycles. The van der Waals surface area contributed by atoms with Crippen LogP contribution < -0.4 is 0 Å². The number of nitrogens with zero attached hydrogens (tertiary/aromatic N) is 1. The van der Waals surface area contributed by atoms with Gasteiger partial charge in [-0.3, -0.25) is 4.79 Å². The fourth-order valence-electron chi connectivity index (χ4n) is 6.73. The molecule has 0 spiro atoms. The number of fused-ring (bicyclic) bond motifs is 5. The van der Waals surface area contributed by atoms with Gasteiger partial charge in [-0.15, -0.1) is 11.6 Å². The zero-order chi connectivity index (χ0) is 17.6. The summed E-state index contributed by atoms with van der Waals surface area (Å²) in [5, 5.41) is 10.3. The van der Waals surface area contributed by atoms with E-state index < -0.39 is 33.3 Å². The Kier molecular flexibility index (Phi) is 2.97. The SMILES string of the molecule is C[C@@]12CCCC[C@]1(C=O)CC1(C(=O)O)N2C(=O)[C@@]2(CCCl)C[C@]12C. The maximum absolute atomic E-state index is 13.5. The van der Waals surface area contributed by atoms with Crippen molar-refractivity contribution in [1.29, 1.82) is 0 Å². The van der Waals surface area contributed by atoms with Gasteiger partial charge < -0.3 is 14.8 Å². The number of halogens is 1. The van der Waals surface area contributed by atoms with Gasteiger partial charge >= 0.3 is 5.97 Å². The van der Waals surface area contributed by atoms with Crippen LogP contribution in [0.5, 0.6) is 0 Å². The van der Waals surface area contributed by atoms with Crippen LogP contribution in [0, 0.1) is 16.2 Å². The highest BCUT2D eigenvalue weighted by Gasteiger charge is 2.92. The molecular weight excluding hydrogens is 330 g/mol. The fourth-order valence-corrected chi connectivity index (χ4v) is 7.05. The van der Waals surface area contributed by atoms with E-state index in [2.05, 4.69) is 0 Å². The first-order valence-corrected chi connectivity index (χ1v) is 9.35. The molecule has 4 fully saturated rings. The number of hydrogen-bond donors (Lipinski definition) is 1. The quantitative estimate of drug-likeness (QED) is 0.622. The van der Waals surface area contributed by atoms with Gasteiger partial charge in [0.25, 0.3) is 0 Å². The summed E-state index contributed by atoms with van der Waals surface area (Å²) in [5.74, 6) is -0.689. The molecule has 2 saturated heterocycles. The van der Waals surface area contributed by atoms with E-state index in [1.807, 2.05) is 13.8 Å².